The van der Waals surface area contributed by atoms with E-state index in [2.05, 4.69) is 23.0 Å². The summed E-state index contributed by atoms with van der Waals surface area (Å²) in [6, 6.07) is 13.7. The van der Waals surface area contributed by atoms with Gasteiger partial charge in [-0.05, 0) is 55.7 Å². The van der Waals surface area contributed by atoms with Crippen LogP contribution in [0.1, 0.15) is 57.0 Å². The predicted molar refractivity (Wildman–Crippen MR) is 129 cm³/mol. The Labute approximate surface area is 198 Å². The smallest absolute Gasteiger partial charge is 0.254 e. The molecular formula is C27H27N5O2. The van der Waals surface area contributed by atoms with Crippen LogP contribution in [0.25, 0.3) is 11.3 Å². The highest BCUT2D eigenvalue weighted by Gasteiger charge is 2.39. The van der Waals surface area contributed by atoms with E-state index >= 15 is 0 Å². The van der Waals surface area contributed by atoms with E-state index in [1.807, 2.05) is 55.1 Å². The lowest BCUT2D eigenvalue weighted by molar-refractivity contribution is -0.0539. The van der Waals surface area contributed by atoms with Gasteiger partial charge in [-0.15, -0.1) is 0 Å². The number of aromatic amines is 1. The number of imidazole rings is 1. The molecule has 1 amide bonds. The van der Waals surface area contributed by atoms with Crippen molar-refractivity contribution in [2.24, 2.45) is 0 Å². The van der Waals surface area contributed by atoms with Crippen molar-refractivity contribution in [1.82, 2.24) is 14.9 Å². The Hall–Kier alpha value is -3.76. The van der Waals surface area contributed by atoms with Crippen LogP contribution in [0.2, 0.25) is 0 Å². The number of aromatic nitrogens is 2. The number of hydrogen-bond acceptors (Lipinski definition) is 5. The first-order valence-corrected chi connectivity index (χ1v) is 11.4. The molecule has 0 aliphatic carbocycles. The molecule has 34 heavy (non-hydrogen) atoms. The Morgan fingerprint density at radius 2 is 1.94 bits per heavy atom. The molecule has 0 saturated carbocycles. The van der Waals surface area contributed by atoms with Crippen molar-refractivity contribution in [3.63, 3.8) is 0 Å². The second kappa shape index (κ2) is 8.23. The Bertz CT molecular complexity index is 1320. The molecule has 2 aromatic carbocycles. The quantitative estimate of drug-likeness (QED) is 0.568. The Morgan fingerprint density at radius 1 is 1.24 bits per heavy atom. The van der Waals surface area contributed by atoms with E-state index in [9.17, 15) is 4.79 Å². The lowest BCUT2D eigenvalue weighted by atomic mass is 9.88. The van der Waals surface area contributed by atoms with Crippen molar-refractivity contribution in [3.8, 4) is 17.3 Å². The summed E-state index contributed by atoms with van der Waals surface area (Å²) < 4.78 is 5.39. The van der Waals surface area contributed by atoms with Crippen LogP contribution in [0.4, 0.5) is 0 Å². The summed E-state index contributed by atoms with van der Waals surface area (Å²) in [6.45, 7) is 8.59. The number of carbonyl (C=O) groups excluding carboxylic acids is 1. The number of amides is 1. The predicted octanol–water partition coefficient (Wildman–Crippen LogP) is 4.09. The van der Waals surface area contributed by atoms with Crippen LogP contribution < -0.4 is 0 Å². The van der Waals surface area contributed by atoms with Crippen LogP contribution >= 0.6 is 0 Å². The average molecular weight is 454 g/mol. The minimum atomic E-state index is -0.175. The van der Waals surface area contributed by atoms with Crippen LogP contribution in [0.15, 0.2) is 36.4 Å². The summed E-state index contributed by atoms with van der Waals surface area (Å²) in [7, 11) is 0. The van der Waals surface area contributed by atoms with Gasteiger partial charge in [0.1, 0.15) is 11.5 Å². The molecule has 2 aliphatic rings. The zero-order valence-electron chi connectivity index (χ0n) is 19.6. The number of carbonyl (C=O) groups is 1. The number of benzene rings is 2. The maximum absolute atomic E-state index is 13.4. The van der Waals surface area contributed by atoms with E-state index in [4.69, 9.17) is 15.4 Å². The lowest BCUT2D eigenvalue weighted by Gasteiger charge is -2.40. The van der Waals surface area contributed by atoms with Crippen molar-refractivity contribution in [1.29, 1.82) is 10.7 Å². The van der Waals surface area contributed by atoms with Gasteiger partial charge in [0.05, 0.1) is 36.0 Å². The summed E-state index contributed by atoms with van der Waals surface area (Å²) >= 11 is 0. The van der Waals surface area contributed by atoms with E-state index in [0.29, 0.717) is 43.1 Å². The summed E-state index contributed by atoms with van der Waals surface area (Å²) in [5, 5.41) is 16.9. The molecule has 0 bridgehead atoms. The SMILES string of the molecule is Cc1cc(C)c(-c2[nH]c(C3(C)COC3)nc2C=N)cc1C(=O)N1CC(c2ccc(C#N)cc2)C1. The molecule has 0 radical (unpaired) electrons. The number of nitriles is 1. The summed E-state index contributed by atoms with van der Waals surface area (Å²) in [6.07, 6.45) is 1.26. The third kappa shape index (κ3) is 3.61. The second-order valence-electron chi connectivity index (χ2n) is 9.67. The monoisotopic (exact) mass is 453 g/mol. The first-order chi connectivity index (χ1) is 16.3. The topological polar surface area (TPSA) is 106 Å². The molecule has 5 rings (SSSR count). The maximum Gasteiger partial charge on any atom is 0.254 e. The molecule has 7 heteroatoms. The molecule has 7 nitrogen and oxygen atoms in total. The van der Waals surface area contributed by atoms with Crippen molar-refractivity contribution < 1.29 is 9.53 Å². The van der Waals surface area contributed by atoms with Crippen LogP contribution in [0, 0.1) is 30.6 Å². The third-order valence-corrected chi connectivity index (χ3v) is 7.03. The van der Waals surface area contributed by atoms with Gasteiger partial charge in [0.2, 0.25) is 0 Å². The van der Waals surface area contributed by atoms with Gasteiger partial charge in [0.15, 0.2) is 0 Å². The molecule has 1 aromatic heterocycles. The van der Waals surface area contributed by atoms with Crippen molar-refractivity contribution in [2.45, 2.75) is 32.1 Å². The molecule has 3 aromatic rings. The van der Waals surface area contributed by atoms with E-state index in [0.717, 1.165) is 33.8 Å². The third-order valence-electron chi connectivity index (χ3n) is 7.03. The highest BCUT2D eigenvalue weighted by atomic mass is 16.5. The largest absolute Gasteiger partial charge is 0.379 e. The first-order valence-electron chi connectivity index (χ1n) is 11.4. The Morgan fingerprint density at radius 3 is 2.53 bits per heavy atom. The normalized spacial score (nSPS) is 16.9. The number of nitrogens with one attached hydrogen (secondary N) is 2. The molecule has 172 valence electrons. The standard InChI is InChI=1S/C27H27N5O2/c1-16-8-17(2)22(25(33)32-12-20(13-32)19-6-4-18(10-28)5-7-19)9-21(16)24-23(11-29)30-26(31-24)27(3)14-34-15-27/h4-9,11,20,29H,12-15H2,1-3H3,(H,30,31). The van der Waals surface area contributed by atoms with Crippen molar-refractivity contribution in [3.05, 3.63) is 75.7 Å². The molecule has 0 unspecified atom stereocenters. The minimum absolute atomic E-state index is 0.0131. The fraction of sp³-hybridized carbons (Fsp3) is 0.333. The number of rotatable bonds is 5. The fourth-order valence-electron chi connectivity index (χ4n) is 4.73. The Balaban J connectivity index is 1.41. The van der Waals surface area contributed by atoms with Crippen LogP contribution in [0.3, 0.4) is 0 Å². The van der Waals surface area contributed by atoms with Crippen molar-refractivity contribution >= 4 is 12.1 Å². The van der Waals surface area contributed by atoms with Crippen LogP contribution in [0.5, 0.6) is 0 Å². The van der Waals surface area contributed by atoms with Crippen LogP contribution in [-0.2, 0) is 10.2 Å². The molecule has 3 heterocycles. The molecular weight excluding hydrogens is 426 g/mol. The second-order valence-corrected chi connectivity index (χ2v) is 9.67. The highest BCUT2D eigenvalue weighted by molar-refractivity contribution is 5.98. The van der Waals surface area contributed by atoms with E-state index < -0.39 is 0 Å². The number of ether oxygens (including phenoxy) is 1. The molecule has 2 fully saturated rings. The summed E-state index contributed by atoms with van der Waals surface area (Å²) in [4.78, 5) is 23.3. The van der Waals surface area contributed by atoms with E-state index in [1.165, 1.54) is 6.21 Å². The van der Waals surface area contributed by atoms with Gasteiger partial charge in [-0.1, -0.05) is 18.2 Å². The summed E-state index contributed by atoms with van der Waals surface area (Å²) in [5.41, 5.74) is 6.48. The van der Waals surface area contributed by atoms with E-state index in [1.54, 1.807) is 0 Å². The number of H-pyrrole nitrogens is 1. The molecule has 2 N–H and O–H groups in total. The Kier molecular flexibility index (Phi) is 5.34. The average Bonchev–Trinajstić information content (AvgIpc) is 3.21. The van der Waals surface area contributed by atoms with Gasteiger partial charge in [-0.25, -0.2) is 4.98 Å². The highest BCUT2D eigenvalue weighted by Crippen LogP contribution is 2.35. The van der Waals surface area contributed by atoms with Gasteiger partial charge >= 0.3 is 0 Å². The number of aryl methyl sites for hydroxylation is 2. The maximum atomic E-state index is 13.4. The number of nitrogens with zero attached hydrogens (tertiary/aromatic N) is 3. The summed E-state index contributed by atoms with van der Waals surface area (Å²) in [5.74, 6) is 1.11. The van der Waals surface area contributed by atoms with E-state index in [-0.39, 0.29) is 17.2 Å². The van der Waals surface area contributed by atoms with Crippen LogP contribution in [-0.4, -0.2) is 53.3 Å². The molecule has 2 aliphatic heterocycles. The van der Waals surface area contributed by atoms with Crippen molar-refractivity contribution in [2.75, 3.05) is 26.3 Å². The molecule has 0 spiro atoms. The first kappa shape index (κ1) is 22.1. The van der Waals surface area contributed by atoms with Gasteiger partial charge < -0.3 is 20.0 Å². The fourth-order valence-corrected chi connectivity index (χ4v) is 4.73. The molecule has 2 saturated heterocycles. The zero-order chi connectivity index (χ0) is 24.0. The lowest BCUT2D eigenvalue weighted by Crippen LogP contribution is -2.48. The zero-order valence-corrected chi connectivity index (χ0v) is 19.6. The number of hydrogen-bond donors (Lipinski definition) is 2. The molecule has 0 atom stereocenters. The van der Waals surface area contributed by atoms with Gasteiger partial charge in [-0.2, -0.15) is 5.26 Å². The van der Waals surface area contributed by atoms with Gasteiger partial charge in [0, 0.05) is 36.3 Å². The van der Waals surface area contributed by atoms with Gasteiger partial charge in [0.25, 0.3) is 5.91 Å². The number of likely N-dealkylation sites (tertiary alicyclic amines) is 1. The van der Waals surface area contributed by atoms with Gasteiger partial charge in [-0.3, -0.25) is 4.79 Å². The minimum Gasteiger partial charge on any atom is -0.379 e.